The van der Waals surface area contributed by atoms with Gasteiger partial charge in [-0.1, -0.05) is 11.6 Å². The molecule has 1 amide bonds. The van der Waals surface area contributed by atoms with Crippen LogP contribution in [0.1, 0.15) is 18.5 Å². The first-order valence-electron chi connectivity index (χ1n) is 5.29. The van der Waals surface area contributed by atoms with Crippen molar-refractivity contribution >= 4 is 17.5 Å². The van der Waals surface area contributed by atoms with Crippen LogP contribution in [0, 0.1) is 0 Å². The van der Waals surface area contributed by atoms with E-state index in [2.05, 4.69) is 0 Å². The summed E-state index contributed by atoms with van der Waals surface area (Å²) in [6.45, 7) is 1.83. The van der Waals surface area contributed by atoms with Gasteiger partial charge in [-0.25, -0.2) is 0 Å². The monoisotopic (exact) mass is 256 g/mol. The molecule has 1 atom stereocenters. The number of ether oxygens (including phenoxy) is 1. The molecule has 0 bridgehead atoms. The Bertz CT molecular complexity index is 405. The van der Waals surface area contributed by atoms with Crippen LogP contribution < -0.4 is 10.5 Å². The van der Waals surface area contributed by atoms with Crippen molar-refractivity contribution in [2.24, 2.45) is 5.73 Å². The van der Waals surface area contributed by atoms with Crippen molar-refractivity contribution < 1.29 is 9.53 Å². The molecular weight excluding hydrogens is 240 g/mol. The van der Waals surface area contributed by atoms with E-state index in [9.17, 15) is 4.79 Å². The fraction of sp³-hybridized carbons (Fsp3) is 0.417. The number of nitrogens with zero attached hydrogens (tertiary/aromatic N) is 1. The summed E-state index contributed by atoms with van der Waals surface area (Å²) in [5.41, 5.74) is 6.61. The van der Waals surface area contributed by atoms with Gasteiger partial charge < -0.3 is 15.4 Å². The van der Waals surface area contributed by atoms with Crippen molar-refractivity contribution in [2.45, 2.75) is 13.0 Å². The highest BCUT2D eigenvalue weighted by Crippen LogP contribution is 2.27. The summed E-state index contributed by atoms with van der Waals surface area (Å²) in [6, 6.07) is 4.99. The summed E-state index contributed by atoms with van der Waals surface area (Å²) in [5, 5.41) is 0.601. The smallest absolute Gasteiger partial charge is 0.259 e. The van der Waals surface area contributed by atoms with Crippen molar-refractivity contribution in [3.05, 3.63) is 28.8 Å². The van der Waals surface area contributed by atoms with Crippen LogP contribution in [0.15, 0.2) is 18.2 Å². The zero-order valence-corrected chi connectivity index (χ0v) is 11.0. The zero-order chi connectivity index (χ0) is 13.0. The van der Waals surface area contributed by atoms with E-state index in [1.54, 1.807) is 32.3 Å². The van der Waals surface area contributed by atoms with Gasteiger partial charge in [0.2, 0.25) is 0 Å². The number of benzene rings is 1. The standard InChI is InChI=1S/C12H17ClN2O2/c1-8(14)10-6-9(13)4-5-11(10)17-7-12(16)15(2)3/h4-6,8H,7,14H2,1-3H3/t8-/m0/s1. The van der Waals surface area contributed by atoms with E-state index in [-0.39, 0.29) is 18.6 Å². The molecule has 4 nitrogen and oxygen atoms in total. The molecule has 0 unspecified atom stereocenters. The fourth-order valence-corrected chi connectivity index (χ4v) is 1.46. The predicted molar refractivity (Wildman–Crippen MR) is 68.2 cm³/mol. The molecule has 0 heterocycles. The maximum Gasteiger partial charge on any atom is 0.259 e. The first-order chi connectivity index (χ1) is 7.91. The molecule has 2 N–H and O–H groups in total. The van der Waals surface area contributed by atoms with E-state index in [4.69, 9.17) is 22.1 Å². The van der Waals surface area contributed by atoms with Crippen LogP contribution in [-0.2, 0) is 4.79 Å². The highest BCUT2D eigenvalue weighted by molar-refractivity contribution is 6.30. The van der Waals surface area contributed by atoms with Crippen molar-refractivity contribution in [1.29, 1.82) is 0 Å². The summed E-state index contributed by atoms with van der Waals surface area (Å²) >= 11 is 5.89. The van der Waals surface area contributed by atoms with Crippen molar-refractivity contribution in [3.8, 4) is 5.75 Å². The number of halogens is 1. The quantitative estimate of drug-likeness (QED) is 0.894. The molecule has 0 aliphatic rings. The number of rotatable bonds is 4. The Kier molecular flexibility index (Phi) is 4.78. The third-order valence-corrected chi connectivity index (χ3v) is 2.55. The lowest BCUT2D eigenvalue weighted by Crippen LogP contribution is -2.27. The Labute approximate surface area is 106 Å². The Morgan fingerprint density at radius 1 is 1.53 bits per heavy atom. The summed E-state index contributed by atoms with van der Waals surface area (Å²) < 4.78 is 5.45. The largest absolute Gasteiger partial charge is 0.483 e. The number of nitrogens with two attached hydrogens (primary N) is 1. The Hall–Kier alpha value is -1.26. The second-order valence-corrected chi connectivity index (χ2v) is 4.48. The number of carbonyl (C=O) groups is 1. The molecule has 0 aliphatic heterocycles. The lowest BCUT2D eigenvalue weighted by atomic mass is 10.1. The van der Waals surface area contributed by atoms with Crippen molar-refractivity contribution in [2.75, 3.05) is 20.7 Å². The van der Waals surface area contributed by atoms with Gasteiger partial charge in [-0.2, -0.15) is 0 Å². The minimum Gasteiger partial charge on any atom is -0.483 e. The van der Waals surface area contributed by atoms with Gasteiger partial charge in [-0.3, -0.25) is 4.79 Å². The van der Waals surface area contributed by atoms with E-state index < -0.39 is 0 Å². The van der Waals surface area contributed by atoms with Crippen LogP contribution in [0.3, 0.4) is 0 Å². The van der Waals surface area contributed by atoms with Crippen LogP contribution >= 0.6 is 11.6 Å². The summed E-state index contributed by atoms with van der Waals surface area (Å²) in [4.78, 5) is 12.9. The Balaban J connectivity index is 2.80. The van der Waals surface area contributed by atoms with Gasteiger partial charge in [0.1, 0.15) is 5.75 Å². The van der Waals surface area contributed by atoms with E-state index in [0.717, 1.165) is 5.56 Å². The van der Waals surface area contributed by atoms with Crippen molar-refractivity contribution in [1.82, 2.24) is 4.90 Å². The Morgan fingerprint density at radius 2 is 2.18 bits per heavy atom. The minimum atomic E-state index is -0.196. The van der Waals surface area contributed by atoms with Crippen LogP contribution in [-0.4, -0.2) is 31.5 Å². The normalized spacial score (nSPS) is 12.1. The SMILES string of the molecule is C[C@H](N)c1cc(Cl)ccc1OCC(=O)N(C)C. The van der Waals surface area contributed by atoms with Gasteiger partial charge in [0.15, 0.2) is 6.61 Å². The van der Waals surface area contributed by atoms with Gasteiger partial charge >= 0.3 is 0 Å². The summed E-state index contributed by atoms with van der Waals surface area (Å²) in [6.07, 6.45) is 0. The molecule has 1 aromatic carbocycles. The lowest BCUT2D eigenvalue weighted by Gasteiger charge is -2.15. The topological polar surface area (TPSA) is 55.6 Å². The molecule has 17 heavy (non-hydrogen) atoms. The van der Waals surface area contributed by atoms with Crippen LogP contribution in [0.25, 0.3) is 0 Å². The number of likely N-dealkylation sites (N-methyl/N-ethyl adjacent to an activating group) is 1. The van der Waals surface area contributed by atoms with Gasteiger partial charge in [0, 0.05) is 30.7 Å². The fourth-order valence-electron chi connectivity index (χ4n) is 1.28. The molecule has 5 heteroatoms. The number of carbonyl (C=O) groups excluding carboxylic acids is 1. The summed E-state index contributed by atoms with van der Waals surface area (Å²) in [7, 11) is 3.36. The molecule has 1 aromatic rings. The first kappa shape index (κ1) is 13.8. The Morgan fingerprint density at radius 3 is 2.71 bits per heavy atom. The number of hydrogen-bond acceptors (Lipinski definition) is 3. The average Bonchev–Trinajstić information content (AvgIpc) is 2.26. The lowest BCUT2D eigenvalue weighted by molar-refractivity contribution is -0.130. The third kappa shape index (κ3) is 3.91. The second kappa shape index (κ2) is 5.89. The zero-order valence-electron chi connectivity index (χ0n) is 10.2. The molecule has 0 aromatic heterocycles. The van der Waals surface area contributed by atoms with E-state index in [0.29, 0.717) is 10.8 Å². The minimum absolute atomic E-state index is 0.00560. The molecule has 1 rings (SSSR count). The molecule has 0 spiro atoms. The molecule has 0 saturated carbocycles. The number of amides is 1. The molecule has 0 radical (unpaired) electrons. The molecule has 0 saturated heterocycles. The highest BCUT2D eigenvalue weighted by atomic mass is 35.5. The average molecular weight is 257 g/mol. The first-order valence-corrected chi connectivity index (χ1v) is 5.67. The van der Waals surface area contributed by atoms with Gasteiger partial charge in [0.05, 0.1) is 0 Å². The van der Waals surface area contributed by atoms with Gasteiger partial charge in [0.25, 0.3) is 5.91 Å². The molecule has 94 valence electrons. The maximum absolute atomic E-state index is 11.4. The van der Waals surface area contributed by atoms with Crippen LogP contribution in [0.2, 0.25) is 5.02 Å². The van der Waals surface area contributed by atoms with Crippen LogP contribution in [0.5, 0.6) is 5.75 Å². The van der Waals surface area contributed by atoms with E-state index >= 15 is 0 Å². The van der Waals surface area contributed by atoms with Gasteiger partial charge in [-0.05, 0) is 25.1 Å². The van der Waals surface area contributed by atoms with Gasteiger partial charge in [-0.15, -0.1) is 0 Å². The van der Waals surface area contributed by atoms with Crippen molar-refractivity contribution in [3.63, 3.8) is 0 Å². The number of hydrogen-bond donors (Lipinski definition) is 1. The summed E-state index contributed by atoms with van der Waals surface area (Å²) in [5.74, 6) is 0.496. The predicted octanol–water partition coefficient (Wildman–Crippen LogP) is 1.83. The molecule has 0 aliphatic carbocycles. The highest BCUT2D eigenvalue weighted by Gasteiger charge is 2.11. The van der Waals surface area contributed by atoms with E-state index in [1.165, 1.54) is 4.90 Å². The molecule has 0 fully saturated rings. The van der Waals surface area contributed by atoms with Crippen LogP contribution in [0.4, 0.5) is 0 Å². The second-order valence-electron chi connectivity index (χ2n) is 4.05. The third-order valence-electron chi connectivity index (χ3n) is 2.31. The van der Waals surface area contributed by atoms with E-state index in [1.807, 2.05) is 6.92 Å². The maximum atomic E-state index is 11.4. The molecular formula is C12H17ClN2O2.